The Balaban J connectivity index is 1.68. The van der Waals surface area contributed by atoms with Gasteiger partial charge in [0.1, 0.15) is 11.5 Å². The number of amides is 1. The summed E-state index contributed by atoms with van der Waals surface area (Å²) in [6.45, 7) is 4.17. The van der Waals surface area contributed by atoms with Crippen LogP contribution in [0.4, 0.5) is 5.13 Å². The number of rotatable bonds is 6. The summed E-state index contributed by atoms with van der Waals surface area (Å²) in [4.78, 5) is 48.0. The van der Waals surface area contributed by atoms with Gasteiger partial charge in [0.15, 0.2) is 5.13 Å². The number of carbonyl (C=O) groups excluding carboxylic acids is 2. The number of hydrogen-bond donors (Lipinski definition) is 2. The van der Waals surface area contributed by atoms with Gasteiger partial charge in [-0.05, 0) is 67.4 Å². The van der Waals surface area contributed by atoms with E-state index in [0.717, 1.165) is 16.9 Å². The third-order valence-corrected chi connectivity index (χ3v) is 7.04. The zero-order chi connectivity index (χ0) is 26.3. The highest BCUT2D eigenvalue weighted by atomic mass is 32.1. The zero-order valence-corrected chi connectivity index (χ0v) is 20.7. The Morgan fingerprint density at radius 3 is 2.57 bits per heavy atom. The van der Waals surface area contributed by atoms with Crippen LogP contribution in [-0.4, -0.2) is 44.4 Å². The molecule has 0 saturated carbocycles. The fourth-order valence-corrected chi connectivity index (χ4v) is 5.33. The lowest BCUT2D eigenvalue weighted by atomic mass is 9.96. The highest BCUT2D eigenvalue weighted by Crippen LogP contribution is 2.44. The van der Waals surface area contributed by atoms with Gasteiger partial charge in [0, 0.05) is 18.0 Å². The van der Waals surface area contributed by atoms with Gasteiger partial charge < -0.3 is 14.9 Å². The second-order valence-corrected chi connectivity index (χ2v) is 9.36. The first-order valence-corrected chi connectivity index (χ1v) is 12.2. The van der Waals surface area contributed by atoms with Gasteiger partial charge in [-0.1, -0.05) is 17.4 Å². The molecule has 4 aromatic rings. The first-order valence-electron chi connectivity index (χ1n) is 11.4. The van der Waals surface area contributed by atoms with Gasteiger partial charge in [-0.15, -0.1) is 0 Å². The number of aliphatic hydroxyl groups excluding tert-OH is 1. The van der Waals surface area contributed by atoms with Gasteiger partial charge in [-0.25, -0.2) is 9.78 Å². The quantitative estimate of drug-likeness (QED) is 0.214. The molecule has 2 aromatic carbocycles. The van der Waals surface area contributed by atoms with Crippen LogP contribution in [0.2, 0.25) is 0 Å². The molecule has 1 aliphatic heterocycles. The Morgan fingerprint density at radius 2 is 1.89 bits per heavy atom. The minimum Gasteiger partial charge on any atom is -0.507 e. The summed E-state index contributed by atoms with van der Waals surface area (Å²) in [5.41, 5.74) is 2.11. The van der Waals surface area contributed by atoms with Crippen molar-refractivity contribution in [2.24, 2.45) is 0 Å². The van der Waals surface area contributed by atoms with Gasteiger partial charge in [-0.3, -0.25) is 19.5 Å². The molecule has 1 saturated heterocycles. The fraction of sp³-hybridized carbons (Fsp3) is 0.148. The molecule has 0 spiro atoms. The predicted octanol–water partition coefficient (Wildman–Crippen LogP) is 4.72. The molecular formula is C27H21N3O6S. The van der Waals surface area contributed by atoms with Crippen molar-refractivity contribution in [1.82, 2.24) is 9.97 Å². The molecule has 1 unspecified atom stereocenters. The number of ether oxygens (including phenoxy) is 1. The third kappa shape index (κ3) is 4.21. The van der Waals surface area contributed by atoms with E-state index in [1.54, 1.807) is 42.6 Å². The first kappa shape index (κ1) is 24.1. The van der Waals surface area contributed by atoms with Crippen LogP contribution in [0.1, 0.15) is 40.0 Å². The molecule has 186 valence electrons. The van der Waals surface area contributed by atoms with E-state index < -0.39 is 23.7 Å². The van der Waals surface area contributed by atoms with E-state index in [1.165, 1.54) is 23.2 Å². The number of carboxylic acids is 1. The van der Waals surface area contributed by atoms with Crippen molar-refractivity contribution in [3.05, 3.63) is 88.8 Å². The second kappa shape index (κ2) is 9.47. The number of aromatic carboxylic acids is 1. The molecule has 0 radical (unpaired) electrons. The molecule has 3 heterocycles. The molecule has 0 aliphatic carbocycles. The predicted molar refractivity (Wildman–Crippen MR) is 138 cm³/mol. The summed E-state index contributed by atoms with van der Waals surface area (Å²) >= 11 is 1.09. The fourth-order valence-electron chi connectivity index (χ4n) is 4.30. The average Bonchev–Trinajstić information content (AvgIpc) is 3.43. The SMILES string of the molecule is CCOc1ccc(/C(O)=C2\C(=O)C(=O)N(c3nc4ccc(C(=O)O)cc4s3)C2c2cccnc2)cc1C. The smallest absolute Gasteiger partial charge is 0.335 e. The van der Waals surface area contributed by atoms with Crippen LogP contribution >= 0.6 is 11.3 Å². The minimum absolute atomic E-state index is 0.0828. The number of Topliss-reactive ketones (excluding diaryl/α,β-unsaturated/α-hetero) is 1. The lowest BCUT2D eigenvalue weighted by Gasteiger charge is -2.22. The van der Waals surface area contributed by atoms with Crippen molar-refractivity contribution in [3.8, 4) is 5.75 Å². The Bertz CT molecular complexity index is 1590. The highest BCUT2D eigenvalue weighted by molar-refractivity contribution is 7.22. The highest BCUT2D eigenvalue weighted by Gasteiger charge is 2.48. The van der Waals surface area contributed by atoms with Crippen molar-refractivity contribution in [2.45, 2.75) is 19.9 Å². The molecule has 0 bridgehead atoms. The summed E-state index contributed by atoms with van der Waals surface area (Å²) in [6.07, 6.45) is 3.09. The molecule has 2 N–H and O–H groups in total. The first-order chi connectivity index (χ1) is 17.8. The number of fused-ring (bicyclic) bond motifs is 1. The molecule has 37 heavy (non-hydrogen) atoms. The number of aryl methyl sites for hydroxylation is 1. The van der Waals surface area contributed by atoms with Crippen molar-refractivity contribution < 1.29 is 29.3 Å². The van der Waals surface area contributed by atoms with E-state index in [2.05, 4.69) is 9.97 Å². The van der Waals surface area contributed by atoms with Crippen LogP contribution < -0.4 is 9.64 Å². The van der Waals surface area contributed by atoms with Gasteiger partial charge in [0.2, 0.25) is 0 Å². The van der Waals surface area contributed by atoms with E-state index in [4.69, 9.17) is 4.74 Å². The Kier molecular flexibility index (Phi) is 6.18. The van der Waals surface area contributed by atoms with Crippen LogP contribution in [0, 0.1) is 6.92 Å². The number of anilines is 1. The van der Waals surface area contributed by atoms with Gasteiger partial charge in [0.25, 0.3) is 5.78 Å². The molecule has 1 fully saturated rings. The average molecular weight is 516 g/mol. The van der Waals surface area contributed by atoms with Gasteiger partial charge in [0.05, 0.1) is 34.0 Å². The van der Waals surface area contributed by atoms with E-state index in [9.17, 15) is 24.6 Å². The second-order valence-electron chi connectivity index (χ2n) is 8.35. The number of hydrogen-bond acceptors (Lipinski definition) is 8. The third-order valence-electron chi connectivity index (χ3n) is 6.02. The molecule has 2 aromatic heterocycles. The van der Waals surface area contributed by atoms with E-state index >= 15 is 0 Å². The standard InChI is InChI=1S/C27H21N3O6S/c1-3-36-19-9-7-15(11-14(19)2)23(31)21-22(17-5-4-10-28-13-17)30(25(33)24(21)32)27-29-18-8-6-16(26(34)35)12-20(18)37-27/h4-13,22,31H,3H2,1-2H3,(H,34,35)/b23-21+. The molecule has 1 amide bonds. The summed E-state index contributed by atoms with van der Waals surface area (Å²) < 4.78 is 6.12. The van der Waals surface area contributed by atoms with Crippen LogP contribution in [-0.2, 0) is 9.59 Å². The minimum atomic E-state index is -1.08. The number of pyridine rings is 1. The largest absolute Gasteiger partial charge is 0.507 e. The lowest BCUT2D eigenvalue weighted by molar-refractivity contribution is -0.132. The number of benzene rings is 2. The number of carbonyl (C=O) groups is 3. The maximum atomic E-state index is 13.4. The monoisotopic (exact) mass is 515 g/mol. The van der Waals surface area contributed by atoms with Gasteiger partial charge in [-0.2, -0.15) is 0 Å². The lowest BCUT2D eigenvalue weighted by Crippen LogP contribution is -2.29. The topological polar surface area (TPSA) is 130 Å². The number of ketones is 1. The summed E-state index contributed by atoms with van der Waals surface area (Å²) in [5.74, 6) is -2.47. The van der Waals surface area contributed by atoms with E-state index in [1.807, 2.05) is 13.8 Å². The summed E-state index contributed by atoms with van der Waals surface area (Å²) in [5, 5.41) is 20.9. The van der Waals surface area contributed by atoms with Gasteiger partial charge >= 0.3 is 11.9 Å². The number of aromatic nitrogens is 2. The molecule has 10 heteroatoms. The van der Waals surface area contributed by atoms with E-state index in [-0.39, 0.29) is 22.0 Å². The Hall–Kier alpha value is -4.57. The van der Waals surface area contributed by atoms with Crippen molar-refractivity contribution in [2.75, 3.05) is 11.5 Å². The maximum absolute atomic E-state index is 13.4. The van der Waals surface area contributed by atoms with Crippen LogP contribution in [0.3, 0.4) is 0 Å². The van der Waals surface area contributed by atoms with Crippen molar-refractivity contribution in [1.29, 1.82) is 0 Å². The Labute approximate surface area is 215 Å². The van der Waals surface area contributed by atoms with Crippen LogP contribution in [0.5, 0.6) is 5.75 Å². The normalized spacial score (nSPS) is 16.9. The Morgan fingerprint density at radius 1 is 1.11 bits per heavy atom. The molecule has 5 rings (SSSR count). The number of nitrogens with zero attached hydrogens (tertiary/aromatic N) is 3. The zero-order valence-electron chi connectivity index (χ0n) is 19.8. The van der Waals surface area contributed by atoms with Crippen LogP contribution in [0.25, 0.3) is 16.0 Å². The molecule has 1 aliphatic rings. The van der Waals surface area contributed by atoms with E-state index in [0.29, 0.717) is 33.7 Å². The molecule has 9 nitrogen and oxygen atoms in total. The summed E-state index contributed by atoms with van der Waals surface area (Å²) in [7, 11) is 0. The van der Waals surface area contributed by atoms with Crippen molar-refractivity contribution >= 4 is 50.1 Å². The number of aliphatic hydroxyl groups is 1. The number of thiazole rings is 1. The van der Waals surface area contributed by atoms with Crippen LogP contribution in [0.15, 0.2) is 66.5 Å². The summed E-state index contributed by atoms with van der Waals surface area (Å²) in [6, 6.07) is 11.9. The molecule has 1 atom stereocenters. The maximum Gasteiger partial charge on any atom is 0.335 e. The van der Waals surface area contributed by atoms with Crippen molar-refractivity contribution in [3.63, 3.8) is 0 Å². The molecular weight excluding hydrogens is 494 g/mol. The number of carboxylic acid groups (broad SMARTS) is 1.